The van der Waals surface area contributed by atoms with Crippen molar-refractivity contribution in [2.75, 3.05) is 5.32 Å². The molecule has 0 atom stereocenters. The van der Waals surface area contributed by atoms with Crippen LogP contribution in [0.4, 0.5) is 18.3 Å². The summed E-state index contributed by atoms with van der Waals surface area (Å²) in [5.74, 6) is 0. The topological polar surface area (TPSA) is 55.1 Å². The van der Waals surface area contributed by atoms with Crippen LogP contribution in [0, 0.1) is 0 Å². The number of halogens is 3. The summed E-state index contributed by atoms with van der Waals surface area (Å²) in [5, 5.41) is 7.87. The molecule has 4 rings (SSSR count). The zero-order valence-corrected chi connectivity index (χ0v) is 12.9. The number of nitrogens with zero attached hydrogens (tertiary/aromatic N) is 4. The van der Waals surface area contributed by atoms with Crippen molar-refractivity contribution in [2.45, 2.75) is 12.7 Å². The summed E-state index contributed by atoms with van der Waals surface area (Å²) in [5.41, 5.74) is 1.24. The van der Waals surface area contributed by atoms with Gasteiger partial charge >= 0.3 is 6.18 Å². The molecule has 1 N–H and O–H groups in total. The Labute approximate surface area is 137 Å². The van der Waals surface area contributed by atoms with Crippen LogP contribution in [0.15, 0.2) is 42.7 Å². The molecule has 0 fully saturated rings. The van der Waals surface area contributed by atoms with Gasteiger partial charge in [-0.3, -0.25) is 0 Å². The lowest BCUT2D eigenvalue weighted by atomic mass is 10.2. The third kappa shape index (κ3) is 2.67. The molecular formula is C15H10F3N5S. The summed E-state index contributed by atoms with van der Waals surface area (Å²) >= 11 is 1.31. The maximum absolute atomic E-state index is 12.8. The van der Waals surface area contributed by atoms with E-state index in [-0.39, 0.29) is 0 Å². The maximum atomic E-state index is 12.8. The van der Waals surface area contributed by atoms with Crippen molar-refractivity contribution in [1.29, 1.82) is 0 Å². The second-order valence-electron chi connectivity index (χ2n) is 5.09. The van der Waals surface area contributed by atoms with E-state index in [2.05, 4.69) is 20.4 Å². The highest BCUT2D eigenvalue weighted by Crippen LogP contribution is 2.34. The largest absolute Gasteiger partial charge is 0.416 e. The van der Waals surface area contributed by atoms with E-state index in [0.717, 1.165) is 23.5 Å². The van der Waals surface area contributed by atoms with Crippen LogP contribution in [0.1, 0.15) is 11.3 Å². The third-order valence-electron chi connectivity index (χ3n) is 3.50. The van der Waals surface area contributed by atoms with Gasteiger partial charge in [0.15, 0.2) is 10.8 Å². The van der Waals surface area contributed by atoms with Crippen molar-refractivity contribution in [3.63, 3.8) is 0 Å². The van der Waals surface area contributed by atoms with Crippen LogP contribution in [-0.2, 0) is 12.7 Å². The predicted molar refractivity (Wildman–Crippen MR) is 84.9 cm³/mol. The number of hydrogen-bond donors (Lipinski definition) is 1. The highest BCUT2D eigenvalue weighted by Gasteiger charge is 2.30. The minimum Gasteiger partial charge on any atom is -0.356 e. The first-order chi connectivity index (χ1) is 11.5. The summed E-state index contributed by atoms with van der Waals surface area (Å²) in [6.45, 7) is 0.437. The number of hydrogen-bond acceptors (Lipinski definition) is 5. The number of benzene rings is 1. The highest BCUT2D eigenvalue weighted by atomic mass is 32.1. The SMILES string of the molecule is FC(F)(F)c1ccc2sc(NCc3ccnc4ccnn34)nc2c1. The molecule has 0 saturated heterocycles. The Morgan fingerprint density at radius 1 is 1.12 bits per heavy atom. The molecule has 0 radical (unpaired) electrons. The minimum absolute atomic E-state index is 0.330. The number of fused-ring (bicyclic) bond motifs is 2. The number of anilines is 1. The summed E-state index contributed by atoms with van der Waals surface area (Å²) in [6, 6.07) is 7.19. The molecule has 0 unspecified atom stereocenters. The Kier molecular flexibility index (Phi) is 3.38. The fourth-order valence-corrected chi connectivity index (χ4v) is 3.21. The zero-order valence-electron chi connectivity index (χ0n) is 12.1. The molecule has 1 aromatic carbocycles. The van der Waals surface area contributed by atoms with Gasteiger partial charge < -0.3 is 5.32 Å². The average Bonchev–Trinajstić information content (AvgIpc) is 3.17. The van der Waals surface area contributed by atoms with E-state index >= 15 is 0 Å². The van der Waals surface area contributed by atoms with Gasteiger partial charge in [-0.05, 0) is 24.3 Å². The Morgan fingerprint density at radius 3 is 2.83 bits per heavy atom. The first-order valence-corrected chi connectivity index (χ1v) is 7.82. The van der Waals surface area contributed by atoms with Crippen LogP contribution < -0.4 is 5.32 Å². The third-order valence-corrected chi connectivity index (χ3v) is 4.50. The molecule has 9 heteroatoms. The summed E-state index contributed by atoms with van der Waals surface area (Å²) in [7, 11) is 0. The van der Waals surface area contributed by atoms with Crippen molar-refractivity contribution in [1.82, 2.24) is 19.6 Å². The molecule has 5 nitrogen and oxygen atoms in total. The fourth-order valence-electron chi connectivity index (χ4n) is 2.37. The van der Waals surface area contributed by atoms with Gasteiger partial charge in [0.05, 0.1) is 34.2 Å². The van der Waals surface area contributed by atoms with Crippen LogP contribution >= 0.6 is 11.3 Å². The van der Waals surface area contributed by atoms with Crippen molar-refractivity contribution in [2.24, 2.45) is 0 Å². The smallest absolute Gasteiger partial charge is 0.356 e. The first-order valence-electron chi connectivity index (χ1n) is 7.00. The molecular weight excluding hydrogens is 339 g/mol. The zero-order chi connectivity index (χ0) is 16.7. The lowest BCUT2D eigenvalue weighted by Gasteiger charge is -2.05. The molecule has 0 bridgehead atoms. The van der Waals surface area contributed by atoms with E-state index in [1.807, 2.05) is 6.07 Å². The average molecular weight is 349 g/mol. The lowest BCUT2D eigenvalue weighted by molar-refractivity contribution is -0.137. The fraction of sp³-hybridized carbons (Fsp3) is 0.133. The molecule has 3 heterocycles. The van der Waals surface area contributed by atoms with E-state index in [1.54, 1.807) is 23.0 Å². The van der Waals surface area contributed by atoms with E-state index in [4.69, 9.17) is 0 Å². The van der Waals surface area contributed by atoms with E-state index in [9.17, 15) is 13.2 Å². The summed E-state index contributed by atoms with van der Waals surface area (Å²) in [4.78, 5) is 8.41. The van der Waals surface area contributed by atoms with Gasteiger partial charge in [-0.25, -0.2) is 14.5 Å². The number of nitrogens with one attached hydrogen (secondary N) is 1. The number of alkyl halides is 3. The van der Waals surface area contributed by atoms with Gasteiger partial charge in [0.2, 0.25) is 0 Å². The molecule has 0 aliphatic rings. The Balaban J connectivity index is 1.60. The van der Waals surface area contributed by atoms with Crippen molar-refractivity contribution < 1.29 is 13.2 Å². The van der Waals surface area contributed by atoms with E-state index < -0.39 is 11.7 Å². The van der Waals surface area contributed by atoms with Gasteiger partial charge in [0.1, 0.15) is 0 Å². The maximum Gasteiger partial charge on any atom is 0.416 e. The van der Waals surface area contributed by atoms with Gasteiger partial charge in [0.25, 0.3) is 0 Å². The van der Waals surface area contributed by atoms with Crippen LogP contribution in [0.3, 0.4) is 0 Å². The van der Waals surface area contributed by atoms with Crippen LogP contribution in [-0.4, -0.2) is 19.6 Å². The van der Waals surface area contributed by atoms with E-state index in [0.29, 0.717) is 21.9 Å². The minimum atomic E-state index is -4.37. The molecule has 122 valence electrons. The monoisotopic (exact) mass is 349 g/mol. The van der Waals surface area contributed by atoms with Crippen molar-refractivity contribution in [3.8, 4) is 0 Å². The predicted octanol–water partition coefficient (Wildman–Crippen LogP) is 3.97. The van der Waals surface area contributed by atoms with Gasteiger partial charge in [-0.15, -0.1) is 0 Å². The number of thiazole rings is 1. The molecule has 0 spiro atoms. The Morgan fingerprint density at radius 2 is 2.00 bits per heavy atom. The van der Waals surface area contributed by atoms with Crippen molar-refractivity contribution >= 4 is 32.3 Å². The van der Waals surface area contributed by atoms with Crippen LogP contribution in [0.5, 0.6) is 0 Å². The Hall–Kier alpha value is -2.68. The number of aromatic nitrogens is 4. The molecule has 0 aliphatic carbocycles. The molecule has 3 aromatic heterocycles. The van der Waals surface area contributed by atoms with Gasteiger partial charge in [-0.2, -0.15) is 18.3 Å². The summed E-state index contributed by atoms with van der Waals surface area (Å²) < 4.78 is 40.7. The number of rotatable bonds is 3. The highest BCUT2D eigenvalue weighted by molar-refractivity contribution is 7.22. The second kappa shape index (κ2) is 5.45. The van der Waals surface area contributed by atoms with Crippen molar-refractivity contribution in [3.05, 3.63) is 54.0 Å². The van der Waals surface area contributed by atoms with Crippen LogP contribution in [0.25, 0.3) is 15.9 Å². The second-order valence-corrected chi connectivity index (χ2v) is 6.12. The molecule has 0 saturated carbocycles. The molecule has 24 heavy (non-hydrogen) atoms. The Bertz CT molecular complexity index is 1020. The van der Waals surface area contributed by atoms with Crippen LogP contribution in [0.2, 0.25) is 0 Å². The first kappa shape index (κ1) is 14.9. The quantitative estimate of drug-likeness (QED) is 0.608. The standard InChI is InChI=1S/C15H10F3N5S/c16-15(17,18)9-1-2-12-11(7-9)22-14(24-12)20-8-10-3-5-19-13-4-6-21-23(10)13/h1-7H,8H2,(H,20,22). The lowest BCUT2D eigenvalue weighted by Crippen LogP contribution is -2.06. The molecule has 0 aliphatic heterocycles. The molecule has 4 aromatic rings. The van der Waals surface area contributed by atoms with Gasteiger partial charge in [-0.1, -0.05) is 11.3 Å². The normalized spacial score (nSPS) is 12.1. The summed E-state index contributed by atoms with van der Waals surface area (Å²) in [6.07, 6.45) is -1.03. The van der Waals surface area contributed by atoms with Gasteiger partial charge in [0, 0.05) is 12.3 Å². The van der Waals surface area contributed by atoms with E-state index in [1.165, 1.54) is 17.4 Å². The molecule has 0 amide bonds.